The number of hydrogen-bond acceptors (Lipinski definition) is 2. The van der Waals surface area contributed by atoms with Crippen molar-refractivity contribution in [2.75, 3.05) is 0 Å². The lowest BCUT2D eigenvalue weighted by Gasteiger charge is -2.08. The number of nitrogens with one attached hydrogen (secondary N) is 1. The minimum Gasteiger partial charge on any atom is -0.457 e. The molecule has 19 heavy (non-hydrogen) atoms. The first kappa shape index (κ1) is 13.8. The lowest BCUT2D eigenvalue weighted by Crippen LogP contribution is -2.22. The fraction of sp³-hybridized carbons (Fsp3) is 0.214. The predicted molar refractivity (Wildman–Crippen MR) is 73.5 cm³/mol. The van der Waals surface area contributed by atoms with E-state index < -0.39 is 0 Å². The molecular weight excluding hydrogens is 313 g/mol. The van der Waals surface area contributed by atoms with Crippen LogP contribution in [-0.2, 0) is 6.54 Å². The van der Waals surface area contributed by atoms with E-state index in [2.05, 4.69) is 21.2 Å². The van der Waals surface area contributed by atoms with Crippen molar-refractivity contribution >= 4 is 21.8 Å². The van der Waals surface area contributed by atoms with Gasteiger partial charge in [0.25, 0.3) is 5.91 Å². The van der Waals surface area contributed by atoms with Crippen LogP contribution in [0.1, 0.15) is 27.0 Å². The van der Waals surface area contributed by atoms with Gasteiger partial charge >= 0.3 is 0 Å². The van der Waals surface area contributed by atoms with Crippen molar-refractivity contribution in [3.05, 3.63) is 57.2 Å². The smallest absolute Gasteiger partial charge is 0.256 e. The third-order valence-electron chi connectivity index (χ3n) is 2.81. The van der Waals surface area contributed by atoms with Crippen LogP contribution in [0.15, 0.2) is 33.5 Å². The van der Waals surface area contributed by atoms with Crippen molar-refractivity contribution in [1.82, 2.24) is 5.32 Å². The van der Waals surface area contributed by atoms with Crippen LogP contribution < -0.4 is 5.32 Å². The van der Waals surface area contributed by atoms with Crippen molar-refractivity contribution in [2.24, 2.45) is 0 Å². The van der Waals surface area contributed by atoms with Crippen molar-refractivity contribution in [1.29, 1.82) is 0 Å². The molecule has 0 fully saturated rings. The number of furan rings is 1. The topological polar surface area (TPSA) is 42.2 Å². The summed E-state index contributed by atoms with van der Waals surface area (Å²) in [6.45, 7) is 3.76. The first-order valence-electron chi connectivity index (χ1n) is 5.76. The molecule has 1 heterocycles. The monoisotopic (exact) mass is 325 g/mol. The lowest BCUT2D eigenvalue weighted by atomic mass is 10.1. The number of carbonyl (C=O) groups is 1. The summed E-state index contributed by atoms with van der Waals surface area (Å²) < 4.78 is 18.9. The third-order valence-corrected chi connectivity index (χ3v) is 3.43. The minimum atomic E-state index is -0.236. The summed E-state index contributed by atoms with van der Waals surface area (Å²) in [4.78, 5) is 11.9. The maximum atomic E-state index is 13.5. The summed E-state index contributed by atoms with van der Waals surface area (Å²) in [5, 5.41) is 2.76. The second kappa shape index (κ2) is 5.57. The molecule has 1 aromatic carbocycles. The SMILES string of the molecule is Cc1cc(CNC(=O)c2ccoc2Br)cc(C)c1F. The molecule has 1 aromatic heterocycles. The number of rotatable bonds is 3. The molecule has 1 amide bonds. The average Bonchev–Trinajstić information content (AvgIpc) is 2.79. The number of amides is 1. The maximum absolute atomic E-state index is 13.5. The van der Waals surface area contributed by atoms with Crippen LogP contribution >= 0.6 is 15.9 Å². The molecule has 0 unspecified atom stereocenters. The van der Waals surface area contributed by atoms with E-state index in [0.29, 0.717) is 27.9 Å². The van der Waals surface area contributed by atoms with Crippen LogP contribution in [0.2, 0.25) is 0 Å². The fourth-order valence-electron chi connectivity index (χ4n) is 1.87. The Bertz CT molecular complexity index is 599. The van der Waals surface area contributed by atoms with Gasteiger partial charge in [0.05, 0.1) is 11.8 Å². The van der Waals surface area contributed by atoms with Crippen molar-refractivity contribution in [2.45, 2.75) is 20.4 Å². The molecule has 0 aliphatic carbocycles. The van der Waals surface area contributed by atoms with Gasteiger partial charge in [0, 0.05) is 6.54 Å². The number of hydrogen-bond donors (Lipinski definition) is 1. The van der Waals surface area contributed by atoms with Gasteiger partial charge in [0.15, 0.2) is 4.67 Å². The van der Waals surface area contributed by atoms with Gasteiger partial charge in [-0.15, -0.1) is 0 Å². The van der Waals surface area contributed by atoms with Gasteiger partial charge in [-0.05, 0) is 52.5 Å². The van der Waals surface area contributed by atoms with Gasteiger partial charge in [-0.25, -0.2) is 4.39 Å². The fourth-order valence-corrected chi connectivity index (χ4v) is 2.29. The Kier molecular flexibility index (Phi) is 4.04. The zero-order chi connectivity index (χ0) is 14.0. The van der Waals surface area contributed by atoms with E-state index in [0.717, 1.165) is 5.56 Å². The molecule has 0 spiro atoms. The summed E-state index contributed by atoms with van der Waals surface area (Å²) in [6, 6.07) is 5.04. The quantitative estimate of drug-likeness (QED) is 0.934. The summed E-state index contributed by atoms with van der Waals surface area (Å²) in [5.74, 6) is -0.437. The second-order valence-corrected chi connectivity index (χ2v) is 5.05. The third kappa shape index (κ3) is 3.04. The summed E-state index contributed by atoms with van der Waals surface area (Å²) in [6.07, 6.45) is 1.44. The number of carbonyl (C=O) groups excluding carboxylic acids is 1. The highest BCUT2D eigenvalue weighted by atomic mass is 79.9. The lowest BCUT2D eigenvalue weighted by molar-refractivity contribution is 0.0949. The molecule has 2 aromatic rings. The van der Waals surface area contributed by atoms with E-state index >= 15 is 0 Å². The summed E-state index contributed by atoms with van der Waals surface area (Å²) >= 11 is 3.15. The Morgan fingerprint density at radius 2 is 2.00 bits per heavy atom. The van der Waals surface area contributed by atoms with E-state index in [4.69, 9.17) is 4.42 Å². The maximum Gasteiger partial charge on any atom is 0.256 e. The zero-order valence-corrected chi connectivity index (χ0v) is 12.2. The predicted octanol–water partition coefficient (Wildman–Crippen LogP) is 3.73. The van der Waals surface area contributed by atoms with Gasteiger partial charge in [-0.3, -0.25) is 4.79 Å². The molecule has 1 N–H and O–H groups in total. The van der Waals surface area contributed by atoms with Crippen LogP contribution in [0.5, 0.6) is 0 Å². The van der Waals surface area contributed by atoms with E-state index in [1.165, 1.54) is 6.26 Å². The zero-order valence-electron chi connectivity index (χ0n) is 10.6. The van der Waals surface area contributed by atoms with Crippen LogP contribution in [0.3, 0.4) is 0 Å². The average molecular weight is 326 g/mol. The van der Waals surface area contributed by atoms with Crippen molar-refractivity contribution in [3.8, 4) is 0 Å². The molecule has 2 rings (SSSR count). The van der Waals surface area contributed by atoms with Gasteiger partial charge in [0.1, 0.15) is 5.82 Å². The van der Waals surface area contributed by atoms with E-state index in [9.17, 15) is 9.18 Å². The van der Waals surface area contributed by atoms with Gasteiger partial charge in [0.2, 0.25) is 0 Å². The summed E-state index contributed by atoms with van der Waals surface area (Å²) in [5.41, 5.74) is 2.46. The van der Waals surface area contributed by atoms with Crippen LogP contribution in [0, 0.1) is 19.7 Å². The van der Waals surface area contributed by atoms with Crippen molar-refractivity contribution < 1.29 is 13.6 Å². The standard InChI is InChI=1S/C14H13BrFNO2/c1-8-5-10(6-9(2)12(8)16)7-17-14(18)11-3-4-19-13(11)15/h3-6H,7H2,1-2H3,(H,17,18). The molecule has 0 aliphatic rings. The second-order valence-electron chi connectivity index (χ2n) is 4.33. The molecule has 5 heteroatoms. The Morgan fingerprint density at radius 3 is 2.53 bits per heavy atom. The van der Waals surface area contributed by atoms with Gasteiger partial charge in [-0.1, -0.05) is 12.1 Å². The Labute approximate surface area is 118 Å². The molecule has 100 valence electrons. The normalized spacial score (nSPS) is 10.5. The minimum absolute atomic E-state index is 0.201. The molecule has 0 radical (unpaired) electrons. The van der Waals surface area contributed by atoms with Crippen LogP contribution in [-0.4, -0.2) is 5.91 Å². The first-order chi connectivity index (χ1) is 8.99. The summed E-state index contributed by atoms with van der Waals surface area (Å²) in [7, 11) is 0. The van der Waals surface area contributed by atoms with Crippen molar-refractivity contribution in [3.63, 3.8) is 0 Å². The van der Waals surface area contributed by atoms with Crippen LogP contribution in [0.4, 0.5) is 4.39 Å². The number of benzene rings is 1. The van der Waals surface area contributed by atoms with Crippen LogP contribution in [0.25, 0.3) is 0 Å². The molecule has 0 atom stereocenters. The highest BCUT2D eigenvalue weighted by Crippen LogP contribution is 2.18. The molecular formula is C14H13BrFNO2. The molecule has 0 saturated heterocycles. The number of aryl methyl sites for hydroxylation is 2. The van der Waals surface area contributed by atoms with E-state index in [-0.39, 0.29) is 11.7 Å². The highest BCUT2D eigenvalue weighted by Gasteiger charge is 2.12. The molecule has 0 saturated carbocycles. The number of halogens is 2. The van der Waals surface area contributed by atoms with E-state index in [1.54, 1.807) is 32.0 Å². The van der Waals surface area contributed by atoms with E-state index in [1.807, 2.05) is 0 Å². The molecule has 3 nitrogen and oxygen atoms in total. The Balaban J connectivity index is 2.07. The van der Waals surface area contributed by atoms with Gasteiger partial charge in [-0.2, -0.15) is 0 Å². The Morgan fingerprint density at radius 1 is 1.37 bits per heavy atom. The van der Waals surface area contributed by atoms with Gasteiger partial charge < -0.3 is 9.73 Å². The first-order valence-corrected chi connectivity index (χ1v) is 6.55. The Hall–Kier alpha value is -1.62. The molecule has 0 aliphatic heterocycles. The molecule has 0 bridgehead atoms. The highest BCUT2D eigenvalue weighted by molar-refractivity contribution is 9.10. The largest absolute Gasteiger partial charge is 0.457 e.